The van der Waals surface area contributed by atoms with Gasteiger partial charge in [0.15, 0.2) is 0 Å². The Labute approximate surface area is 89.4 Å². The fourth-order valence-electron chi connectivity index (χ4n) is 2.10. The van der Waals surface area contributed by atoms with Gasteiger partial charge in [-0.2, -0.15) is 0 Å². The second-order valence-corrected chi connectivity index (χ2v) is 4.84. The third kappa shape index (κ3) is 1.63. The third-order valence-electron chi connectivity index (χ3n) is 3.35. The van der Waals surface area contributed by atoms with Gasteiger partial charge in [-0.3, -0.25) is 4.79 Å². The highest BCUT2D eigenvalue weighted by atomic mass is 32.1. The molecule has 0 spiro atoms. The summed E-state index contributed by atoms with van der Waals surface area (Å²) in [6, 6.07) is 0.370. The molecular formula is C10H16N2OS. The molecule has 2 saturated carbocycles. The van der Waals surface area contributed by atoms with Gasteiger partial charge in [-0.25, -0.2) is 0 Å². The zero-order valence-corrected chi connectivity index (χ0v) is 9.03. The first-order valence-electron chi connectivity index (χ1n) is 5.26. The van der Waals surface area contributed by atoms with E-state index in [2.05, 4.69) is 5.32 Å². The van der Waals surface area contributed by atoms with Crippen LogP contribution in [0.5, 0.6) is 0 Å². The number of nitrogens with one attached hydrogen (secondary N) is 1. The third-order valence-corrected chi connectivity index (χ3v) is 3.74. The minimum atomic E-state index is -0.474. The predicted molar refractivity (Wildman–Crippen MR) is 58.9 cm³/mol. The van der Waals surface area contributed by atoms with Crippen LogP contribution < -0.4 is 11.1 Å². The minimum Gasteiger partial charge on any atom is -0.392 e. The summed E-state index contributed by atoms with van der Waals surface area (Å²) in [7, 11) is 0. The Balaban J connectivity index is 1.92. The second kappa shape index (κ2) is 3.50. The van der Waals surface area contributed by atoms with Crippen molar-refractivity contribution in [2.24, 2.45) is 11.1 Å². The van der Waals surface area contributed by atoms with E-state index in [0.29, 0.717) is 11.0 Å². The first-order valence-corrected chi connectivity index (χ1v) is 5.67. The van der Waals surface area contributed by atoms with E-state index in [4.69, 9.17) is 18.0 Å². The van der Waals surface area contributed by atoms with Crippen LogP contribution in [-0.2, 0) is 4.79 Å². The van der Waals surface area contributed by atoms with Crippen molar-refractivity contribution in [3.05, 3.63) is 0 Å². The number of hydrogen-bond donors (Lipinski definition) is 2. The van der Waals surface area contributed by atoms with Crippen LogP contribution in [0.2, 0.25) is 0 Å². The van der Waals surface area contributed by atoms with Crippen molar-refractivity contribution < 1.29 is 4.79 Å². The Morgan fingerprint density at radius 3 is 2.36 bits per heavy atom. The lowest BCUT2D eigenvalue weighted by Crippen LogP contribution is -2.43. The monoisotopic (exact) mass is 212 g/mol. The molecule has 3 N–H and O–H groups in total. The molecule has 0 heterocycles. The molecule has 4 heteroatoms. The van der Waals surface area contributed by atoms with Gasteiger partial charge >= 0.3 is 0 Å². The van der Waals surface area contributed by atoms with E-state index < -0.39 is 5.41 Å². The van der Waals surface area contributed by atoms with E-state index in [1.165, 1.54) is 12.8 Å². The number of thiocarbonyl (C=S) groups is 1. The Kier molecular flexibility index (Phi) is 2.47. The van der Waals surface area contributed by atoms with Crippen LogP contribution in [0.4, 0.5) is 0 Å². The van der Waals surface area contributed by atoms with Crippen LogP contribution in [0.25, 0.3) is 0 Å². The van der Waals surface area contributed by atoms with Crippen LogP contribution in [0, 0.1) is 5.41 Å². The molecule has 0 unspecified atom stereocenters. The van der Waals surface area contributed by atoms with Crippen molar-refractivity contribution in [3.8, 4) is 0 Å². The quantitative estimate of drug-likeness (QED) is 0.689. The van der Waals surface area contributed by atoms with E-state index >= 15 is 0 Å². The molecule has 78 valence electrons. The van der Waals surface area contributed by atoms with Crippen LogP contribution in [-0.4, -0.2) is 16.9 Å². The summed E-state index contributed by atoms with van der Waals surface area (Å²) in [6.45, 7) is 0. The topological polar surface area (TPSA) is 55.1 Å². The van der Waals surface area contributed by atoms with Crippen molar-refractivity contribution in [2.45, 2.75) is 44.6 Å². The maximum absolute atomic E-state index is 11.8. The molecular weight excluding hydrogens is 196 g/mol. The summed E-state index contributed by atoms with van der Waals surface area (Å²) >= 11 is 4.93. The maximum atomic E-state index is 11.8. The zero-order chi connectivity index (χ0) is 10.2. The van der Waals surface area contributed by atoms with Crippen molar-refractivity contribution in [1.29, 1.82) is 0 Å². The Morgan fingerprint density at radius 1 is 1.36 bits per heavy atom. The molecule has 0 bridgehead atoms. The Bertz CT molecular complexity index is 267. The van der Waals surface area contributed by atoms with E-state index in [9.17, 15) is 4.79 Å². The van der Waals surface area contributed by atoms with Gasteiger partial charge in [-0.05, 0) is 25.7 Å². The number of carbonyl (C=O) groups excluding carboxylic acids is 1. The lowest BCUT2D eigenvalue weighted by molar-refractivity contribution is -0.124. The number of nitrogens with two attached hydrogens (primary N) is 1. The summed E-state index contributed by atoms with van der Waals surface area (Å²) < 4.78 is 0. The molecule has 3 nitrogen and oxygen atoms in total. The number of amides is 1. The highest BCUT2D eigenvalue weighted by Crippen LogP contribution is 2.46. The van der Waals surface area contributed by atoms with Gasteiger partial charge in [0.25, 0.3) is 0 Å². The van der Waals surface area contributed by atoms with Gasteiger partial charge in [-0.1, -0.05) is 25.1 Å². The first kappa shape index (κ1) is 9.90. The van der Waals surface area contributed by atoms with Crippen LogP contribution in [0.3, 0.4) is 0 Å². The molecule has 0 aromatic carbocycles. The fraction of sp³-hybridized carbons (Fsp3) is 0.800. The zero-order valence-electron chi connectivity index (χ0n) is 8.21. The molecule has 0 aliphatic heterocycles. The molecule has 1 amide bonds. The SMILES string of the molecule is NC(=S)C1(C(=O)NC2CCCC2)CC1. The van der Waals surface area contributed by atoms with Gasteiger partial charge in [0.1, 0.15) is 0 Å². The summed E-state index contributed by atoms with van der Waals surface area (Å²) in [6.07, 6.45) is 6.34. The normalized spacial score (nSPS) is 24.6. The van der Waals surface area contributed by atoms with Gasteiger partial charge < -0.3 is 11.1 Å². The fourth-order valence-corrected chi connectivity index (χ4v) is 2.40. The predicted octanol–water partition coefficient (Wildman–Crippen LogP) is 1.11. The highest BCUT2D eigenvalue weighted by molar-refractivity contribution is 7.80. The van der Waals surface area contributed by atoms with Gasteiger partial charge in [0.05, 0.1) is 10.4 Å². The highest BCUT2D eigenvalue weighted by Gasteiger charge is 2.53. The molecule has 0 atom stereocenters. The standard InChI is InChI=1S/C10H16N2OS/c11-8(14)10(5-6-10)9(13)12-7-3-1-2-4-7/h7H,1-6H2,(H2,11,14)(H,12,13). The van der Waals surface area contributed by atoms with E-state index in [-0.39, 0.29) is 5.91 Å². The van der Waals surface area contributed by atoms with Gasteiger partial charge in [-0.15, -0.1) is 0 Å². The average molecular weight is 212 g/mol. The number of rotatable bonds is 3. The minimum absolute atomic E-state index is 0.0666. The summed E-state index contributed by atoms with van der Waals surface area (Å²) in [5, 5.41) is 3.06. The van der Waals surface area contributed by atoms with Crippen molar-refractivity contribution in [3.63, 3.8) is 0 Å². The Morgan fingerprint density at radius 2 is 1.93 bits per heavy atom. The number of carbonyl (C=O) groups is 1. The molecule has 14 heavy (non-hydrogen) atoms. The molecule has 0 aromatic rings. The van der Waals surface area contributed by atoms with Crippen molar-refractivity contribution >= 4 is 23.1 Å². The molecule has 2 fully saturated rings. The number of hydrogen-bond acceptors (Lipinski definition) is 2. The smallest absolute Gasteiger partial charge is 0.233 e. The van der Waals surface area contributed by atoms with E-state index in [1.54, 1.807) is 0 Å². The van der Waals surface area contributed by atoms with E-state index in [1.807, 2.05) is 0 Å². The molecule has 0 saturated heterocycles. The molecule has 2 aliphatic rings. The van der Waals surface area contributed by atoms with Crippen molar-refractivity contribution in [2.75, 3.05) is 0 Å². The lowest BCUT2D eigenvalue weighted by Gasteiger charge is -2.17. The summed E-state index contributed by atoms with van der Waals surface area (Å²) in [5.41, 5.74) is 5.10. The Hall–Kier alpha value is -0.640. The van der Waals surface area contributed by atoms with E-state index in [0.717, 1.165) is 25.7 Å². The second-order valence-electron chi connectivity index (χ2n) is 4.40. The maximum Gasteiger partial charge on any atom is 0.233 e. The summed E-state index contributed by atoms with van der Waals surface area (Å²) in [5.74, 6) is 0.0666. The first-order chi connectivity index (χ1) is 6.65. The van der Waals surface area contributed by atoms with Crippen LogP contribution >= 0.6 is 12.2 Å². The van der Waals surface area contributed by atoms with Crippen LogP contribution in [0.15, 0.2) is 0 Å². The van der Waals surface area contributed by atoms with Gasteiger partial charge in [0, 0.05) is 6.04 Å². The molecule has 0 aromatic heterocycles. The summed E-state index contributed by atoms with van der Waals surface area (Å²) in [4.78, 5) is 12.2. The largest absolute Gasteiger partial charge is 0.392 e. The lowest BCUT2D eigenvalue weighted by atomic mass is 10.1. The van der Waals surface area contributed by atoms with Crippen molar-refractivity contribution in [1.82, 2.24) is 5.32 Å². The van der Waals surface area contributed by atoms with Gasteiger partial charge in [0.2, 0.25) is 5.91 Å². The molecule has 0 radical (unpaired) electrons. The average Bonchev–Trinajstić information content (AvgIpc) is 2.81. The molecule has 2 aliphatic carbocycles. The molecule has 2 rings (SSSR count). The van der Waals surface area contributed by atoms with Crippen LogP contribution in [0.1, 0.15) is 38.5 Å².